The predicted molar refractivity (Wildman–Crippen MR) is 69.9 cm³/mol. The van der Waals surface area contributed by atoms with Crippen LogP contribution in [0.1, 0.15) is 52.4 Å². The van der Waals surface area contributed by atoms with E-state index in [2.05, 4.69) is 36.5 Å². The zero-order valence-corrected chi connectivity index (χ0v) is 11.4. The summed E-state index contributed by atoms with van der Waals surface area (Å²) in [6.45, 7) is 7.79. The minimum atomic E-state index is 0.398. The fourth-order valence-electron chi connectivity index (χ4n) is 2.75. The van der Waals surface area contributed by atoms with E-state index in [1.807, 2.05) is 0 Å². The van der Waals surface area contributed by atoms with Gasteiger partial charge in [-0.15, -0.1) is 0 Å². The van der Waals surface area contributed by atoms with Crippen LogP contribution in [-0.2, 0) is 4.74 Å². The second kappa shape index (κ2) is 8.59. The summed E-state index contributed by atoms with van der Waals surface area (Å²) in [4.78, 5) is 2.67. The SMILES string of the molecule is [Li][CH](OCC)C(CCCC)N1CCCCC1. The van der Waals surface area contributed by atoms with Gasteiger partial charge in [0.25, 0.3) is 0 Å². The molecule has 0 N–H and O–H groups in total. The summed E-state index contributed by atoms with van der Waals surface area (Å²) in [6, 6.07) is 0.653. The zero-order chi connectivity index (χ0) is 11.8. The van der Waals surface area contributed by atoms with Gasteiger partial charge in [0.1, 0.15) is 0 Å². The van der Waals surface area contributed by atoms with E-state index in [0.717, 1.165) is 6.61 Å². The fourth-order valence-corrected chi connectivity index (χ4v) is 2.75. The molecule has 0 aromatic heterocycles. The number of likely N-dealkylation sites (tertiary alicyclic amines) is 1. The van der Waals surface area contributed by atoms with E-state index in [4.69, 9.17) is 4.74 Å². The third-order valence-electron chi connectivity index (χ3n) is 3.68. The standard InChI is InChI=1S/C13H26NO.Li/c1-3-5-9-13(12-15-4-2)14-10-7-6-8-11-14;/h12-13H,3-11H2,1-2H3;. The Morgan fingerprint density at radius 1 is 1.19 bits per heavy atom. The normalized spacial score (nSPS) is 22.0. The van der Waals surface area contributed by atoms with E-state index in [1.165, 1.54) is 51.6 Å². The van der Waals surface area contributed by atoms with Crippen molar-refractivity contribution in [3.05, 3.63) is 0 Å². The number of ether oxygens (including phenoxy) is 1. The number of nitrogens with zero attached hydrogens (tertiary/aromatic N) is 1. The topological polar surface area (TPSA) is 12.5 Å². The van der Waals surface area contributed by atoms with Crippen LogP contribution in [0.3, 0.4) is 0 Å². The minimum absolute atomic E-state index is 0.398. The Kier molecular flexibility index (Phi) is 7.82. The molecule has 2 nitrogen and oxygen atoms in total. The van der Waals surface area contributed by atoms with Crippen LogP contribution in [-0.4, -0.2) is 53.1 Å². The average Bonchev–Trinajstić information content (AvgIpc) is 2.31. The van der Waals surface area contributed by atoms with E-state index in [0.29, 0.717) is 10.8 Å². The van der Waals surface area contributed by atoms with Crippen LogP contribution in [0.5, 0.6) is 0 Å². The maximum absolute atomic E-state index is 5.81. The van der Waals surface area contributed by atoms with Crippen molar-refractivity contribution in [2.75, 3.05) is 19.7 Å². The summed E-state index contributed by atoms with van der Waals surface area (Å²) in [6.07, 6.45) is 8.10. The molecule has 0 aliphatic carbocycles. The Labute approximate surface area is 110 Å². The molecule has 1 saturated heterocycles. The number of piperidine rings is 1. The van der Waals surface area contributed by atoms with Crippen LogP contribution in [0, 0.1) is 0 Å². The van der Waals surface area contributed by atoms with Crippen LogP contribution < -0.4 is 0 Å². The summed E-state index contributed by atoms with van der Waals surface area (Å²) in [5, 5.41) is 0. The molecule has 0 saturated carbocycles. The van der Waals surface area contributed by atoms with Crippen molar-refractivity contribution < 1.29 is 4.74 Å². The van der Waals surface area contributed by atoms with Gasteiger partial charge in [0.05, 0.1) is 0 Å². The van der Waals surface area contributed by atoms with Crippen LogP contribution in [0.15, 0.2) is 0 Å². The first kappa shape index (κ1) is 14.6. The second-order valence-corrected chi connectivity index (χ2v) is 4.97. The molecule has 3 heteroatoms. The van der Waals surface area contributed by atoms with Gasteiger partial charge in [-0.1, -0.05) is 0 Å². The molecule has 0 bridgehead atoms. The van der Waals surface area contributed by atoms with Crippen LogP contribution in [0.4, 0.5) is 0 Å². The van der Waals surface area contributed by atoms with Crippen molar-refractivity contribution in [2.24, 2.45) is 0 Å². The summed E-state index contributed by atoms with van der Waals surface area (Å²) in [5.41, 5.74) is 0. The number of hydrogen-bond donors (Lipinski definition) is 0. The van der Waals surface area contributed by atoms with Crippen molar-refractivity contribution in [3.8, 4) is 0 Å². The van der Waals surface area contributed by atoms with E-state index < -0.39 is 0 Å². The van der Waals surface area contributed by atoms with Crippen LogP contribution in [0.2, 0.25) is 0 Å². The summed E-state index contributed by atoms with van der Waals surface area (Å²) in [7, 11) is 0. The van der Waals surface area contributed by atoms with Crippen molar-refractivity contribution >= 4 is 17.7 Å². The molecule has 0 spiro atoms. The Balaban J connectivity index is 2.46. The van der Waals surface area contributed by atoms with Crippen molar-refractivity contribution in [1.29, 1.82) is 0 Å². The third-order valence-corrected chi connectivity index (χ3v) is 3.68. The van der Waals surface area contributed by atoms with Gasteiger partial charge in [-0.25, -0.2) is 0 Å². The van der Waals surface area contributed by atoms with E-state index in [9.17, 15) is 0 Å². The fraction of sp³-hybridized carbons (Fsp3) is 1.00. The molecule has 0 aromatic rings. The zero-order valence-electron chi connectivity index (χ0n) is 11.4. The van der Waals surface area contributed by atoms with Gasteiger partial charge in [0, 0.05) is 0 Å². The quantitative estimate of drug-likeness (QED) is 0.610. The number of hydrogen-bond acceptors (Lipinski definition) is 2. The van der Waals surface area contributed by atoms with Gasteiger partial charge in [0.15, 0.2) is 0 Å². The molecular formula is C13H26LiNO. The Hall–Kier alpha value is 0.517. The van der Waals surface area contributed by atoms with Crippen molar-refractivity contribution in [2.45, 2.75) is 63.2 Å². The maximum atomic E-state index is 5.81. The summed E-state index contributed by atoms with van der Waals surface area (Å²) in [5.74, 6) is 0. The Morgan fingerprint density at radius 3 is 2.44 bits per heavy atom. The first-order valence-corrected chi connectivity index (χ1v) is 7.15. The van der Waals surface area contributed by atoms with Gasteiger partial charge in [0.2, 0.25) is 0 Å². The van der Waals surface area contributed by atoms with Gasteiger partial charge in [-0.05, 0) is 0 Å². The van der Waals surface area contributed by atoms with Gasteiger partial charge in [-0.2, -0.15) is 0 Å². The van der Waals surface area contributed by atoms with E-state index in [-0.39, 0.29) is 0 Å². The molecule has 1 aliphatic rings. The molecule has 2 atom stereocenters. The monoisotopic (exact) mass is 219 g/mol. The van der Waals surface area contributed by atoms with Gasteiger partial charge >= 0.3 is 110 Å². The molecule has 1 aliphatic heterocycles. The van der Waals surface area contributed by atoms with Crippen LogP contribution in [0.25, 0.3) is 0 Å². The first-order valence-electron chi connectivity index (χ1n) is 7.15. The molecule has 1 heterocycles. The molecule has 1 fully saturated rings. The molecule has 0 radical (unpaired) electrons. The number of unbranched alkanes of at least 4 members (excludes halogenated alkanes) is 1. The summed E-state index contributed by atoms with van der Waals surface area (Å²) >= 11 is 2.25. The van der Waals surface area contributed by atoms with Crippen LogP contribution >= 0.6 is 0 Å². The van der Waals surface area contributed by atoms with E-state index in [1.54, 1.807) is 0 Å². The van der Waals surface area contributed by atoms with E-state index >= 15 is 0 Å². The molecule has 90 valence electrons. The summed E-state index contributed by atoms with van der Waals surface area (Å²) < 4.78 is 6.21. The molecule has 16 heavy (non-hydrogen) atoms. The third kappa shape index (κ3) is 4.80. The van der Waals surface area contributed by atoms with Gasteiger partial charge in [-0.3, -0.25) is 0 Å². The predicted octanol–water partition coefficient (Wildman–Crippen LogP) is 2.56. The Bertz CT molecular complexity index is 171. The first-order chi connectivity index (χ1) is 7.79. The molecule has 2 unspecified atom stereocenters. The van der Waals surface area contributed by atoms with Crippen molar-refractivity contribution in [1.82, 2.24) is 4.90 Å². The number of rotatable bonds is 7. The van der Waals surface area contributed by atoms with Gasteiger partial charge < -0.3 is 0 Å². The molecular weight excluding hydrogens is 193 g/mol. The molecule has 0 amide bonds. The van der Waals surface area contributed by atoms with Crippen molar-refractivity contribution in [3.63, 3.8) is 0 Å². The molecule has 1 rings (SSSR count). The average molecular weight is 219 g/mol. The Morgan fingerprint density at radius 2 is 1.88 bits per heavy atom. The molecule has 0 aromatic carbocycles. The second-order valence-electron chi connectivity index (χ2n) is 4.97.